The van der Waals surface area contributed by atoms with Gasteiger partial charge in [-0.2, -0.15) is 11.8 Å². The zero-order valence-electron chi connectivity index (χ0n) is 6.40. The van der Waals surface area contributed by atoms with Crippen molar-refractivity contribution in [3.8, 4) is 0 Å². The maximum absolute atomic E-state index is 8.78. The third kappa shape index (κ3) is 2.20. The van der Waals surface area contributed by atoms with Crippen molar-refractivity contribution in [1.29, 1.82) is 0 Å². The Labute approximate surface area is 69.6 Å². The Kier molecular flexibility index (Phi) is 3.38. The maximum atomic E-state index is 8.78. The van der Waals surface area contributed by atoms with Crippen LogP contribution in [0.5, 0.6) is 0 Å². The first-order valence-electron chi connectivity index (χ1n) is 3.35. The van der Waals surface area contributed by atoms with Gasteiger partial charge in [-0.15, -0.1) is 10.2 Å². The van der Waals surface area contributed by atoms with Crippen molar-refractivity contribution in [2.24, 2.45) is 0 Å². The van der Waals surface area contributed by atoms with E-state index in [1.165, 1.54) is 0 Å². The van der Waals surface area contributed by atoms with E-state index in [0.29, 0.717) is 5.82 Å². The summed E-state index contributed by atoms with van der Waals surface area (Å²) in [4.78, 5) is 0. The molecule has 1 N–H and O–H groups in total. The number of aliphatic hydroxyl groups is 1. The van der Waals surface area contributed by atoms with Crippen molar-refractivity contribution in [3.63, 3.8) is 0 Å². The van der Waals surface area contributed by atoms with E-state index in [0.717, 1.165) is 12.3 Å². The zero-order valence-corrected chi connectivity index (χ0v) is 7.21. The molecule has 0 fully saturated rings. The molecule has 1 rings (SSSR count). The molecule has 0 saturated carbocycles. The predicted octanol–water partition coefficient (Wildman–Crippen LogP) is 0.133. The maximum Gasteiger partial charge on any atom is 0.158 e. The molecule has 0 atom stereocenters. The largest absolute Gasteiger partial charge is 0.388 e. The highest BCUT2D eigenvalue weighted by Gasteiger charge is 1.99. The number of aryl methyl sites for hydroxylation is 1. The second-order valence-electron chi connectivity index (χ2n) is 2.09. The summed E-state index contributed by atoms with van der Waals surface area (Å²) in [5.74, 6) is 1.66. The molecule has 0 aliphatic heterocycles. The summed E-state index contributed by atoms with van der Waals surface area (Å²) in [6.45, 7) is 0.832. The summed E-state index contributed by atoms with van der Waals surface area (Å²) in [5.41, 5.74) is 0. The van der Waals surface area contributed by atoms with Gasteiger partial charge in [-0.25, -0.2) is 0 Å². The topological polar surface area (TPSA) is 50.9 Å². The molecule has 0 unspecified atom stereocenters. The van der Waals surface area contributed by atoms with Crippen molar-refractivity contribution in [2.45, 2.75) is 13.2 Å². The van der Waals surface area contributed by atoms with Crippen molar-refractivity contribution in [3.05, 3.63) is 12.2 Å². The molecule has 1 aromatic heterocycles. The van der Waals surface area contributed by atoms with Gasteiger partial charge in [0.2, 0.25) is 0 Å². The second-order valence-corrected chi connectivity index (χ2v) is 3.08. The third-order valence-electron chi connectivity index (χ3n) is 1.37. The molecular weight excluding hydrogens is 162 g/mol. The van der Waals surface area contributed by atoms with Crippen LogP contribution in [0.1, 0.15) is 5.82 Å². The molecule has 1 aromatic rings. The fourth-order valence-electron chi connectivity index (χ4n) is 0.778. The Morgan fingerprint density at radius 1 is 1.73 bits per heavy atom. The lowest BCUT2D eigenvalue weighted by atomic mass is 10.6. The fourth-order valence-corrected chi connectivity index (χ4v) is 1.16. The van der Waals surface area contributed by atoms with Crippen LogP contribution in [-0.2, 0) is 13.2 Å². The lowest BCUT2D eigenvalue weighted by molar-refractivity contribution is 0.265. The van der Waals surface area contributed by atoms with Crippen LogP contribution < -0.4 is 0 Å². The van der Waals surface area contributed by atoms with E-state index in [9.17, 15) is 0 Å². The Bertz CT molecular complexity index is 213. The van der Waals surface area contributed by atoms with E-state index in [-0.39, 0.29) is 6.61 Å². The molecule has 1 heterocycles. The van der Waals surface area contributed by atoms with E-state index in [1.807, 2.05) is 10.8 Å². The molecule has 0 spiro atoms. The van der Waals surface area contributed by atoms with Gasteiger partial charge in [0, 0.05) is 12.3 Å². The molecular formula is C6H11N3OS. The third-order valence-corrected chi connectivity index (χ3v) is 1.96. The first kappa shape index (κ1) is 8.55. The van der Waals surface area contributed by atoms with Gasteiger partial charge < -0.3 is 9.67 Å². The van der Waals surface area contributed by atoms with Crippen LogP contribution in [0.25, 0.3) is 0 Å². The molecule has 0 aromatic carbocycles. The molecule has 4 nitrogen and oxygen atoms in total. The summed E-state index contributed by atoms with van der Waals surface area (Å²) in [6, 6.07) is 0. The zero-order chi connectivity index (χ0) is 8.10. The van der Waals surface area contributed by atoms with Crippen LogP contribution in [0, 0.1) is 0 Å². The van der Waals surface area contributed by atoms with Gasteiger partial charge in [0.1, 0.15) is 12.9 Å². The Morgan fingerprint density at radius 3 is 3.18 bits per heavy atom. The van der Waals surface area contributed by atoms with Gasteiger partial charge in [-0.3, -0.25) is 0 Å². The van der Waals surface area contributed by atoms with Crippen LogP contribution >= 0.6 is 11.8 Å². The molecule has 0 aliphatic carbocycles. The van der Waals surface area contributed by atoms with E-state index in [2.05, 4.69) is 10.2 Å². The highest BCUT2D eigenvalue weighted by atomic mass is 32.2. The summed E-state index contributed by atoms with van der Waals surface area (Å²) < 4.78 is 1.86. The van der Waals surface area contributed by atoms with Gasteiger partial charge in [0.25, 0.3) is 0 Å². The van der Waals surface area contributed by atoms with Gasteiger partial charge in [0.05, 0.1) is 0 Å². The molecule has 11 heavy (non-hydrogen) atoms. The lowest BCUT2D eigenvalue weighted by Gasteiger charge is -2.01. The minimum atomic E-state index is -0.0334. The normalized spacial score (nSPS) is 10.4. The van der Waals surface area contributed by atoms with E-state index < -0.39 is 0 Å². The summed E-state index contributed by atoms with van der Waals surface area (Å²) in [6.07, 6.45) is 3.69. The van der Waals surface area contributed by atoms with Crippen LogP contribution in [-0.4, -0.2) is 31.9 Å². The predicted molar refractivity (Wildman–Crippen MR) is 44.3 cm³/mol. The number of hydrogen-bond acceptors (Lipinski definition) is 4. The first-order chi connectivity index (χ1) is 5.38. The standard InChI is InChI=1S/C6H11N3OS/c1-11-3-2-9-5-7-8-6(9)4-10/h5,10H,2-4H2,1H3. The van der Waals surface area contributed by atoms with Gasteiger partial charge >= 0.3 is 0 Å². The van der Waals surface area contributed by atoms with E-state index in [4.69, 9.17) is 5.11 Å². The average molecular weight is 173 g/mol. The summed E-state index contributed by atoms with van der Waals surface area (Å²) >= 11 is 1.76. The highest BCUT2D eigenvalue weighted by molar-refractivity contribution is 7.98. The molecule has 0 amide bonds. The molecule has 0 bridgehead atoms. The van der Waals surface area contributed by atoms with Crippen molar-refractivity contribution < 1.29 is 5.11 Å². The number of hydrogen-bond donors (Lipinski definition) is 1. The quantitative estimate of drug-likeness (QED) is 0.703. The van der Waals surface area contributed by atoms with E-state index in [1.54, 1.807) is 18.1 Å². The van der Waals surface area contributed by atoms with Gasteiger partial charge in [-0.1, -0.05) is 0 Å². The molecule has 5 heteroatoms. The minimum Gasteiger partial charge on any atom is -0.388 e. The van der Waals surface area contributed by atoms with Crippen molar-refractivity contribution in [1.82, 2.24) is 14.8 Å². The molecule has 62 valence electrons. The molecule has 0 radical (unpaired) electrons. The van der Waals surface area contributed by atoms with Crippen LogP contribution in [0.3, 0.4) is 0 Å². The minimum absolute atomic E-state index is 0.0334. The van der Waals surface area contributed by atoms with Crippen molar-refractivity contribution in [2.75, 3.05) is 12.0 Å². The lowest BCUT2D eigenvalue weighted by Crippen LogP contribution is -2.04. The average Bonchev–Trinajstić information content (AvgIpc) is 2.47. The number of thioether (sulfide) groups is 1. The number of rotatable bonds is 4. The Balaban J connectivity index is 2.54. The highest BCUT2D eigenvalue weighted by Crippen LogP contribution is 1.98. The first-order valence-corrected chi connectivity index (χ1v) is 4.74. The van der Waals surface area contributed by atoms with Gasteiger partial charge in [-0.05, 0) is 6.26 Å². The molecule has 0 saturated heterocycles. The smallest absolute Gasteiger partial charge is 0.158 e. The number of aliphatic hydroxyl groups excluding tert-OH is 1. The monoisotopic (exact) mass is 173 g/mol. The summed E-state index contributed by atoms with van der Waals surface area (Å²) in [5, 5.41) is 16.2. The summed E-state index contributed by atoms with van der Waals surface area (Å²) in [7, 11) is 0. The Hall–Kier alpha value is -0.550. The number of aromatic nitrogens is 3. The van der Waals surface area contributed by atoms with Gasteiger partial charge in [0.15, 0.2) is 5.82 Å². The van der Waals surface area contributed by atoms with E-state index >= 15 is 0 Å². The Morgan fingerprint density at radius 2 is 2.55 bits per heavy atom. The van der Waals surface area contributed by atoms with Crippen LogP contribution in [0.15, 0.2) is 6.33 Å². The fraction of sp³-hybridized carbons (Fsp3) is 0.667. The van der Waals surface area contributed by atoms with Crippen LogP contribution in [0.2, 0.25) is 0 Å². The SMILES string of the molecule is CSCCn1cnnc1CO. The van der Waals surface area contributed by atoms with Crippen molar-refractivity contribution >= 4 is 11.8 Å². The second kappa shape index (κ2) is 4.35. The number of nitrogens with zero attached hydrogens (tertiary/aromatic N) is 3. The molecule has 0 aliphatic rings. The van der Waals surface area contributed by atoms with Crippen LogP contribution in [0.4, 0.5) is 0 Å².